The lowest BCUT2D eigenvalue weighted by molar-refractivity contribution is 0.310. The van der Waals surface area contributed by atoms with Crippen molar-refractivity contribution in [3.05, 3.63) is 12.2 Å². The van der Waals surface area contributed by atoms with Gasteiger partial charge in [0.05, 0.1) is 13.7 Å². The Morgan fingerprint density at radius 2 is 2.33 bits per heavy atom. The van der Waals surface area contributed by atoms with Crippen molar-refractivity contribution in [2.75, 3.05) is 13.7 Å². The molecule has 2 aliphatic heterocycles. The summed E-state index contributed by atoms with van der Waals surface area (Å²) < 4.78 is 11.3. The molecule has 4 nitrogen and oxygen atoms in total. The Hall–Kier alpha value is -1.32. The maximum Gasteiger partial charge on any atom is 0.213 e. The van der Waals surface area contributed by atoms with E-state index in [0.717, 1.165) is 24.6 Å². The smallest absolute Gasteiger partial charge is 0.213 e. The Morgan fingerprint density at radius 1 is 1.50 bits per heavy atom. The first-order valence-corrected chi connectivity index (χ1v) is 6.69. The van der Waals surface area contributed by atoms with Crippen molar-refractivity contribution < 1.29 is 9.47 Å². The van der Waals surface area contributed by atoms with E-state index in [1.165, 1.54) is 0 Å². The van der Waals surface area contributed by atoms with E-state index in [9.17, 15) is 0 Å². The number of allylic oxidation sites excluding steroid dienone is 1. The van der Waals surface area contributed by atoms with E-state index in [1.54, 1.807) is 7.11 Å². The number of hydrogen-bond donors (Lipinski definition) is 0. The third-order valence-electron chi connectivity index (χ3n) is 4.10. The Labute approximate surface area is 108 Å². The molecule has 1 aliphatic carbocycles. The summed E-state index contributed by atoms with van der Waals surface area (Å²) in [5, 5.41) is 0. The van der Waals surface area contributed by atoms with Crippen LogP contribution in [0.1, 0.15) is 26.7 Å². The van der Waals surface area contributed by atoms with Gasteiger partial charge in [-0.1, -0.05) is 26.0 Å². The topological polar surface area (TPSA) is 43.2 Å². The minimum Gasteiger partial charge on any atom is -0.483 e. The van der Waals surface area contributed by atoms with Crippen LogP contribution in [0.25, 0.3) is 0 Å². The quantitative estimate of drug-likeness (QED) is 0.668. The van der Waals surface area contributed by atoms with Gasteiger partial charge in [0.25, 0.3) is 0 Å². The van der Waals surface area contributed by atoms with E-state index in [4.69, 9.17) is 19.5 Å². The van der Waals surface area contributed by atoms with Gasteiger partial charge in [0.1, 0.15) is 11.6 Å². The molecule has 1 spiro atoms. The average molecular weight is 248 g/mol. The normalized spacial score (nSPS) is 37.6. The van der Waals surface area contributed by atoms with Crippen molar-refractivity contribution in [3.8, 4) is 0 Å². The highest BCUT2D eigenvalue weighted by atomic mass is 16.5. The standard InChI is InChI=1S/C14H20N2O2/c1-9(2)11-12(17-3)16-14-7-5-4-6-10(14)8-18-13(14)15-11/h4,6,9-11H,5,7-8H2,1-3H3/t10-,11-,14+/m1/s1. The fourth-order valence-electron chi connectivity index (χ4n) is 3.04. The zero-order chi connectivity index (χ0) is 12.8. The Kier molecular flexibility index (Phi) is 2.68. The van der Waals surface area contributed by atoms with Gasteiger partial charge in [-0.05, 0) is 18.8 Å². The molecular formula is C14H20N2O2. The summed E-state index contributed by atoms with van der Waals surface area (Å²) in [6.07, 6.45) is 6.45. The van der Waals surface area contributed by atoms with Gasteiger partial charge in [-0.3, -0.25) is 0 Å². The Bertz CT molecular complexity index is 439. The number of methoxy groups -OCH3 is 1. The molecule has 18 heavy (non-hydrogen) atoms. The summed E-state index contributed by atoms with van der Waals surface area (Å²) in [6, 6.07) is 0.000260. The second-order valence-electron chi connectivity index (χ2n) is 5.59. The fourth-order valence-corrected chi connectivity index (χ4v) is 3.04. The Balaban J connectivity index is 2.04. The van der Waals surface area contributed by atoms with Gasteiger partial charge in [0.15, 0.2) is 0 Å². The van der Waals surface area contributed by atoms with Crippen LogP contribution in [0.5, 0.6) is 0 Å². The second-order valence-corrected chi connectivity index (χ2v) is 5.59. The fraction of sp³-hybridized carbons (Fsp3) is 0.714. The highest BCUT2D eigenvalue weighted by molar-refractivity contribution is 5.98. The molecule has 0 radical (unpaired) electrons. The van der Waals surface area contributed by atoms with E-state index in [1.807, 2.05) is 0 Å². The zero-order valence-corrected chi connectivity index (χ0v) is 11.2. The van der Waals surface area contributed by atoms with Crippen LogP contribution in [-0.2, 0) is 9.47 Å². The molecule has 0 unspecified atom stereocenters. The summed E-state index contributed by atoms with van der Waals surface area (Å²) in [4.78, 5) is 9.68. The zero-order valence-electron chi connectivity index (χ0n) is 11.2. The van der Waals surface area contributed by atoms with Gasteiger partial charge >= 0.3 is 0 Å². The number of hydrogen-bond acceptors (Lipinski definition) is 4. The van der Waals surface area contributed by atoms with Crippen LogP contribution in [0, 0.1) is 11.8 Å². The lowest BCUT2D eigenvalue weighted by atomic mass is 9.78. The van der Waals surface area contributed by atoms with Crippen LogP contribution in [0.3, 0.4) is 0 Å². The van der Waals surface area contributed by atoms with Gasteiger partial charge in [0.2, 0.25) is 11.8 Å². The molecule has 98 valence electrons. The molecular weight excluding hydrogens is 228 g/mol. The number of ether oxygens (including phenoxy) is 2. The summed E-state index contributed by atoms with van der Waals surface area (Å²) in [5.74, 6) is 2.29. The maximum atomic E-state index is 5.80. The molecule has 0 aromatic rings. The van der Waals surface area contributed by atoms with Crippen LogP contribution in [0.4, 0.5) is 0 Å². The third kappa shape index (κ3) is 1.51. The molecule has 0 N–H and O–H groups in total. The number of rotatable bonds is 1. The van der Waals surface area contributed by atoms with Crippen LogP contribution in [-0.4, -0.2) is 37.1 Å². The third-order valence-corrected chi connectivity index (χ3v) is 4.10. The van der Waals surface area contributed by atoms with Crippen molar-refractivity contribution in [1.82, 2.24) is 0 Å². The van der Waals surface area contributed by atoms with Crippen molar-refractivity contribution in [2.45, 2.75) is 38.3 Å². The largest absolute Gasteiger partial charge is 0.483 e. The van der Waals surface area contributed by atoms with Crippen molar-refractivity contribution >= 4 is 11.8 Å². The monoisotopic (exact) mass is 248 g/mol. The van der Waals surface area contributed by atoms with Crippen molar-refractivity contribution in [2.24, 2.45) is 21.8 Å². The molecule has 3 rings (SSSR count). The second kappa shape index (κ2) is 4.11. The SMILES string of the molecule is COC1=N[C@@]23CCC=C[C@@H]2COC3=N[C@@H]1C(C)C. The molecule has 0 aromatic carbocycles. The van der Waals surface area contributed by atoms with Crippen LogP contribution < -0.4 is 0 Å². The van der Waals surface area contributed by atoms with Gasteiger partial charge in [0, 0.05) is 5.92 Å². The lowest BCUT2D eigenvalue weighted by Gasteiger charge is -2.35. The molecule has 0 saturated carbocycles. The summed E-state index contributed by atoms with van der Waals surface area (Å²) in [6.45, 7) is 4.96. The van der Waals surface area contributed by atoms with E-state index < -0.39 is 0 Å². The molecule has 3 atom stereocenters. The van der Waals surface area contributed by atoms with E-state index >= 15 is 0 Å². The molecule has 2 heterocycles. The minimum atomic E-state index is -0.272. The Morgan fingerprint density at radius 3 is 3.06 bits per heavy atom. The maximum absolute atomic E-state index is 5.80. The molecule has 0 amide bonds. The highest BCUT2D eigenvalue weighted by Gasteiger charge is 2.53. The van der Waals surface area contributed by atoms with E-state index in [-0.39, 0.29) is 11.6 Å². The van der Waals surface area contributed by atoms with E-state index in [2.05, 4.69) is 26.0 Å². The lowest BCUT2D eigenvalue weighted by Crippen LogP contribution is -2.47. The molecule has 1 saturated heterocycles. The summed E-state index contributed by atoms with van der Waals surface area (Å²) in [7, 11) is 1.69. The first-order valence-electron chi connectivity index (χ1n) is 6.69. The average Bonchev–Trinajstić information content (AvgIpc) is 2.75. The predicted molar refractivity (Wildman–Crippen MR) is 71.1 cm³/mol. The first kappa shape index (κ1) is 11.8. The number of nitrogens with zero attached hydrogens (tertiary/aromatic N) is 2. The summed E-state index contributed by atoms with van der Waals surface area (Å²) >= 11 is 0. The molecule has 4 heteroatoms. The summed E-state index contributed by atoms with van der Waals surface area (Å²) in [5.41, 5.74) is -0.272. The first-order chi connectivity index (χ1) is 8.67. The van der Waals surface area contributed by atoms with Gasteiger partial charge in [-0.25, -0.2) is 9.98 Å². The van der Waals surface area contributed by atoms with Crippen molar-refractivity contribution in [3.63, 3.8) is 0 Å². The van der Waals surface area contributed by atoms with Crippen LogP contribution in [0.15, 0.2) is 22.1 Å². The molecule has 0 bridgehead atoms. The van der Waals surface area contributed by atoms with Gasteiger partial charge < -0.3 is 9.47 Å². The minimum absolute atomic E-state index is 0.000260. The highest BCUT2D eigenvalue weighted by Crippen LogP contribution is 2.42. The van der Waals surface area contributed by atoms with Crippen LogP contribution in [0.2, 0.25) is 0 Å². The molecule has 0 aromatic heterocycles. The van der Waals surface area contributed by atoms with Crippen molar-refractivity contribution in [1.29, 1.82) is 0 Å². The number of aliphatic imine (C=N–C) groups is 2. The van der Waals surface area contributed by atoms with Gasteiger partial charge in [-0.2, -0.15) is 0 Å². The van der Waals surface area contributed by atoms with E-state index in [0.29, 0.717) is 18.4 Å². The van der Waals surface area contributed by atoms with Crippen LogP contribution >= 0.6 is 0 Å². The predicted octanol–water partition coefficient (Wildman–Crippen LogP) is 2.20. The molecule has 1 fully saturated rings. The van der Waals surface area contributed by atoms with Gasteiger partial charge in [-0.15, -0.1) is 0 Å². The molecule has 3 aliphatic rings.